The molecule has 0 aliphatic carbocycles. The van der Waals surface area contributed by atoms with Gasteiger partial charge in [0.1, 0.15) is 6.61 Å². The van der Waals surface area contributed by atoms with Crippen LogP contribution in [0.5, 0.6) is 6.08 Å². The standard InChI is InChI=1S/C19H16ClF3N4O6/c20-12-2-1-10-5-11(7-24-14(10)6-12)15(28)25-13-8-30-17(31-9-13)16-26-27-18(33-16)29-3-4-32-19(21,22)23/h1-2,5-7,13,17H,3-4,8-9H2,(H,25,28). The second-order valence-corrected chi connectivity index (χ2v) is 7.22. The van der Waals surface area contributed by atoms with Crippen molar-refractivity contribution < 1.29 is 41.3 Å². The molecule has 1 N–H and O–H groups in total. The maximum Gasteiger partial charge on any atom is 0.522 e. The Kier molecular flexibility index (Phi) is 6.93. The minimum absolute atomic E-state index is 0.0797. The van der Waals surface area contributed by atoms with Crippen molar-refractivity contribution in [1.29, 1.82) is 0 Å². The molecule has 1 aliphatic heterocycles. The van der Waals surface area contributed by atoms with Gasteiger partial charge in [0.15, 0.2) is 0 Å². The van der Waals surface area contributed by atoms with Crippen molar-refractivity contribution in [3.63, 3.8) is 0 Å². The minimum atomic E-state index is -4.75. The van der Waals surface area contributed by atoms with Gasteiger partial charge in [-0.2, -0.15) is 0 Å². The predicted octanol–water partition coefficient (Wildman–Crippen LogP) is 3.03. The second-order valence-electron chi connectivity index (χ2n) is 6.78. The summed E-state index contributed by atoms with van der Waals surface area (Å²) in [7, 11) is 0. The molecule has 1 saturated heterocycles. The molecule has 1 aliphatic rings. The van der Waals surface area contributed by atoms with E-state index in [4.69, 9.17) is 30.2 Å². The van der Waals surface area contributed by atoms with Gasteiger partial charge in [-0.1, -0.05) is 22.8 Å². The van der Waals surface area contributed by atoms with Crippen molar-refractivity contribution in [2.45, 2.75) is 18.7 Å². The highest BCUT2D eigenvalue weighted by molar-refractivity contribution is 6.31. The molecule has 2 aromatic heterocycles. The van der Waals surface area contributed by atoms with Crippen molar-refractivity contribution in [2.75, 3.05) is 26.4 Å². The molecule has 0 saturated carbocycles. The predicted molar refractivity (Wildman–Crippen MR) is 104 cm³/mol. The number of pyridine rings is 1. The van der Waals surface area contributed by atoms with Crippen molar-refractivity contribution in [1.82, 2.24) is 20.5 Å². The lowest BCUT2D eigenvalue weighted by molar-refractivity contribution is -0.325. The number of amides is 1. The molecule has 3 aromatic rings. The number of ether oxygens (including phenoxy) is 4. The average Bonchev–Trinajstić information content (AvgIpc) is 3.25. The molecule has 0 radical (unpaired) electrons. The van der Waals surface area contributed by atoms with Gasteiger partial charge in [0.25, 0.3) is 11.8 Å². The first-order chi connectivity index (χ1) is 15.8. The maximum absolute atomic E-state index is 12.5. The highest BCUT2D eigenvalue weighted by atomic mass is 35.5. The van der Waals surface area contributed by atoms with E-state index in [0.717, 1.165) is 5.39 Å². The number of halogens is 4. The fourth-order valence-corrected chi connectivity index (χ4v) is 3.04. The summed E-state index contributed by atoms with van der Waals surface area (Å²) in [6.07, 6.45) is -4.68. The van der Waals surface area contributed by atoms with E-state index in [9.17, 15) is 18.0 Å². The SMILES string of the molecule is O=C(NC1COC(c2nnc(OCCOC(F)(F)F)o2)OC1)c1cnc2cc(Cl)ccc2c1. The number of nitrogens with zero attached hydrogens (tertiary/aromatic N) is 3. The summed E-state index contributed by atoms with van der Waals surface area (Å²) in [6.45, 7) is -1.01. The molecule has 0 spiro atoms. The topological polar surface area (TPSA) is 118 Å². The van der Waals surface area contributed by atoms with Crippen LogP contribution in [0.2, 0.25) is 5.02 Å². The maximum atomic E-state index is 12.5. The van der Waals surface area contributed by atoms with Gasteiger partial charge in [-0.05, 0) is 18.2 Å². The van der Waals surface area contributed by atoms with Gasteiger partial charge in [0.05, 0.1) is 36.9 Å². The van der Waals surface area contributed by atoms with E-state index in [2.05, 4.69) is 25.2 Å². The molecular formula is C19H16ClF3N4O6. The Morgan fingerprint density at radius 1 is 1.18 bits per heavy atom. The van der Waals surface area contributed by atoms with Crippen molar-refractivity contribution in [2.24, 2.45) is 0 Å². The largest absolute Gasteiger partial charge is 0.522 e. The van der Waals surface area contributed by atoms with Crippen LogP contribution in [-0.4, -0.2) is 59.9 Å². The number of aromatic nitrogens is 3. The zero-order chi connectivity index (χ0) is 23.4. The lowest BCUT2D eigenvalue weighted by Crippen LogP contribution is -2.45. The zero-order valence-electron chi connectivity index (χ0n) is 16.7. The minimum Gasteiger partial charge on any atom is -0.447 e. The van der Waals surface area contributed by atoms with Gasteiger partial charge < -0.3 is 23.9 Å². The molecule has 0 bridgehead atoms. The molecule has 1 amide bonds. The van der Waals surface area contributed by atoms with Crippen LogP contribution in [0, 0.1) is 0 Å². The van der Waals surface area contributed by atoms with Gasteiger partial charge in [-0.15, -0.1) is 18.3 Å². The Bertz CT molecular complexity index is 1120. The highest BCUT2D eigenvalue weighted by Gasteiger charge is 2.30. The average molecular weight is 489 g/mol. The number of carbonyl (C=O) groups excluding carboxylic acids is 1. The molecule has 1 fully saturated rings. The fourth-order valence-electron chi connectivity index (χ4n) is 2.88. The Morgan fingerprint density at radius 2 is 1.97 bits per heavy atom. The third-order valence-corrected chi connectivity index (χ3v) is 4.57. The second kappa shape index (κ2) is 9.87. The Balaban J connectivity index is 1.25. The van der Waals surface area contributed by atoms with E-state index in [1.165, 1.54) is 6.20 Å². The summed E-state index contributed by atoms with van der Waals surface area (Å²) in [4.78, 5) is 16.8. The molecule has 4 rings (SSSR count). The van der Waals surface area contributed by atoms with Gasteiger partial charge >= 0.3 is 12.4 Å². The molecule has 33 heavy (non-hydrogen) atoms. The smallest absolute Gasteiger partial charge is 0.447 e. The molecule has 0 atom stereocenters. The Labute approximate surface area is 188 Å². The first-order valence-electron chi connectivity index (χ1n) is 9.53. The molecular weight excluding hydrogens is 473 g/mol. The first-order valence-corrected chi connectivity index (χ1v) is 9.91. The molecule has 1 aromatic carbocycles. The van der Waals surface area contributed by atoms with Crippen LogP contribution in [0.4, 0.5) is 13.2 Å². The van der Waals surface area contributed by atoms with E-state index in [1.54, 1.807) is 24.3 Å². The number of benzene rings is 1. The normalized spacial score (nSPS) is 18.9. The van der Waals surface area contributed by atoms with Crippen molar-refractivity contribution in [3.05, 3.63) is 46.9 Å². The van der Waals surface area contributed by atoms with Gasteiger partial charge in [-0.25, -0.2) is 0 Å². The third kappa shape index (κ3) is 6.28. The van der Waals surface area contributed by atoms with Crippen LogP contribution in [-0.2, 0) is 14.2 Å². The number of nitrogens with one attached hydrogen (secondary N) is 1. The van der Waals surface area contributed by atoms with E-state index in [0.29, 0.717) is 16.1 Å². The van der Waals surface area contributed by atoms with E-state index < -0.39 is 31.9 Å². The first kappa shape index (κ1) is 23.2. The summed E-state index contributed by atoms with van der Waals surface area (Å²) < 4.78 is 60.3. The molecule has 10 nitrogen and oxygen atoms in total. The molecule has 14 heteroatoms. The quantitative estimate of drug-likeness (QED) is 0.500. The van der Waals surface area contributed by atoms with Crippen LogP contribution >= 0.6 is 11.6 Å². The lowest BCUT2D eigenvalue weighted by atomic mass is 10.1. The van der Waals surface area contributed by atoms with Gasteiger partial charge in [0.2, 0.25) is 6.29 Å². The Hall–Kier alpha value is -3.00. The zero-order valence-corrected chi connectivity index (χ0v) is 17.4. The third-order valence-electron chi connectivity index (χ3n) is 4.34. The monoisotopic (exact) mass is 488 g/mol. The summed E-state index contributed by atoms with van der Waals surface area (Å²) in [5, 5.41) is 11.3. The Morgan fingerprint density at radius 3 is 2.73 bits per heavy atom. The summed E-state index contributed by atoms with van der Waals surface area (Å²) >= 11 is 5.94. The van der Waals surface area contributed by atoms with E-state index in [-0.39, 0.29) is 31.1 Å². The number of rotatable bonds is 7. The number of hydrogen-bond acceptors (Lipinski definition) is 9. The molecule has 0 unspecified atom stereocenters. The van der Waals surface area contributed by atoms with Crippen LogP contribution in [0.25, 0.3) is 10.9 Å². The van der Waals surface area contributed by atoms with Crippen LogP contribution in [0.3, 0.4) is 0 Å². The van der Waals surface area contributed by atoms with Crippen molar-refractivity contribution >= 4 is 28.4 Å². The van der Waals surface area contributed by atoms with Gasteiger partial charge in [0, 0.05) is 16.6 Å². The van der Waals surface area contributed by atoms with Crippen LogP contribution in [0.1, 0.15) is 22.5 Å². The van der Waals surface area contributed by atoms with E-state index in [1.807, 2.05) is 0 Å². The molecule has 176 valence electrons. The number of carbonyl (C=O) groups is 1. The summed E-state index contributed by atoms with van der Waals surface area (Å²) in [5.41, 5.74) is 1.03. The number of fused-ring (bicyclic) bond motifs is 1. The van der Waals surface area contributed by atoms with Crippen molar-refractivity contribution in [3.8, 4) is 6.08 Å². The van der Waals surface area contributed by atoms with Crippen LogP contribution < -0.4 is 10.1 Å². The number of alkyl halides is 3. The van der Waals surface area contributed by atoms with Crippen LogP contribution in [0.15, 0.2) is 34.9 Å². The summed E-state index contributed by atoms with van der Waals surface area (Å²) in [6, 6.07) is 6.42. The number of hydrogen-bond donors (Lipinski definition) is 1. The fraction of sp³-hybridized carbons (Fsp3) is 0.368. The van der Waals surface area contributed by atoms with Gasteiger partial charge in [-0.3, -0.25) is 14.5 Å². The lowest BCUT2D eigenvalue weighted by Gasteiger charge is -2.27. The van der Waals surface area contributed by atoms with E-state index >= 15 is 0 Å². The highest BCUT2D eigenvalue weighted by Crippen LogP contribution is 2.24. The molecule has 3 heterocycles. The summed E-state index contributed by atoms with van der Waals surface area (Å²) in [5.74, 6) is -0.437.